The molecule has 1 atom stereocenters. The van der Waals surface area contributed by atoms with Crippen molar-refractivity contribution in [2.45, 2.75) is 284 Å². The molecule has 0 radical (unpaired) electrons. The smallest absolute Gasteiger partial charge is 0.306 e. The lowest BCUT2D eigenvalue weighted by Crippen LogP contribution is -2.30. The molecule has 0 saturated heterocycles. The maximum atomic E-state index is 12.9. The number of carbonyl (C=O) groups is 3. The number of allylic oxidation sites excluding steroid dienone is 16. The number of hydrogen-bond acceptors (Lipinski definition) is 6. The summed E-state index contributed by atoms with van der Waals surface area (Å²) in [6.45, 7) is 6.46. The molecule has 0 spiro atoms. The van der Waals surface area contributed by atoms with Crippen molar-refractivity contribution in [1.29, 1.82) is 0 Å². The van der Waals surface area contributed by atoms with E-state index in [1.165, 1.54) is 135 Å². The summed E-state index contributed by atoms with van der Waals surface area (Å²) in [6.07, 6.45) is 78.3. The summed E-state index contributed by atoms with van der Waals surface area (Å²) in [4.78, 5) is 38.2. The summed E-state index contributed by atoms with van der Waals surface area (Å²) in [5, 5.41) is 0. The topological polar surface area (TPSA) is 78.9 Å². The van der Waals surface area contributed by atoms with E-state index in [2.05, 4.69) is 118 Å². The number of unbranched alkanes of at least 4 members (excludes halogenated alkanes) is 26. The van der Waals surface area contributed by atoms with E-state index in [9.17, 15) is 14.4 Å². The van der Waals surface area contributed by atoms with Gasteiger partial charge in [-0.1, -0.05) is 240 Å². The molecule has 0 fully saturated rings. The van der Waals surface area contributed by atoms with Gasteiger partial charge in [0.15, 0.2) is 6.10 Å². The third kappa shape index (κ3) is 57.1. The Morgan fingerprint density at radius 1 is 0.296 bits per heavy atom. The fourth-order valence-electron chi connectivity index (χ4n) is 8.09. The molecular weight excluding hydrogens is 877 g/mol. The fraction of sp³-hybridized carbons (Fsp3) is 0.708. The quantitative estimate of drug-likeness (QED) is 0.0261. The van der Waals surface area contributed by atoms with Crippen LogP contribution in [0.3, 0.4) is 0 Å². The standard InChI is InChI=1S/C65H110O6/c1-4-7-10-13-16-19-22-25-28-31-32-35-37-40-43-46-49-52-55-58-64(67)70-61-62(71-65(68)59-56-53-50-47-44-41-38-34-30-27-24-21-18-15-12-9-6-3)60-69-63(66)57-54-51-48-45-42-39-36-33-29-26-23-20-17-14-11-8-5-2/h9,12,18,21,25-30,36,38-39,41,45,48,62H,4-8,10-11,13-17,19-20,22-24,31-35,37,40,42-44,46-47,49-61H2,1-3H3/b12-9-,21-18-,28-25-,29-26-,30-27-,39-36-,41-38-,48-45-/t62-/m0/s1. The lowest BCUT2D eigenvalue weighted by molar-refractivity contribution is -0.167. The van der Waals surface area contributed by atoms with Gasteiger partial charge >= 0.3 is 17.9 Å². The van der Waals surface area contributed by atoms with Crippen molar-refractivity contribution < 1.29 is 28.6 Å². The first-order chi connectivity index (χ1) is 35.0. The minimum absolute atomic E-state index is 0.104. The van der Waals surface area contributed by atoms with Crippen molar-refractivity contribution >= 4 is 17.9 Å². The van der Waals surface area contributed by atoms with E-state index < -0.39 is 6.10 Å². The molecule has 0 unspecified atom stereocenters. The van der Waals surface area contributed by atoms with Crippen LogP contribution in [0, 0.1) is 0 Å². The minimum Gasteiger partial charge on any atom is -0.462 e. The number of carbonyl (C=O) groups excluding carboxylic acids is 3. The van der Waals surface area contributed by atoms with Gasteiger partial charge in [-0.2, -0.15) is 0 Å². The molecule has 0 heterocycles. The maximum absolute atomic E-state index is 12.9. The zero-order chi connectivity index (χ0) is 51.4. The van der Waals surface area contributed by atoms with Crippen LogP contribution < -0.4 is 0 Å². The van der Waals surface area contributed by atoms with Gasteiger partial charge in [0, 0.05) is 19.3 Å². The third-order valence-corrected chi connectivity index (χ3v) is 12.5. The molecule has 0 aliphatic rings. The van der Waals surface area contributed by atoms with E-state index in [4.69, 9.17) is 14.2 Å². The van der Waals surface area contributed by atoms with E-state index in [-0.39, 0.29) is 44.0 Å². The second-order valence-corrected chi connectivity index (χ2v) is 19.5. The molecule has 0 aromatic carbocycles. The number of esters is 3. The first-order valence-electron chi connectivity index (χ1n) is 29.7. The predicted molar refractivity (Wildman–Crippen MR) is 307 cm³/mol. The highest BCUT2D eigenvalue weighted by molar-refractivity contribution is 5.71. The van der Waals surface area contributed by atoms with Crippen molar-refractivity contribution in [2.24, 2.45) is 0 Å². The van der Waals surface area contributed by atoms with Gasteiger partial charge in [0.2, 0.25) is 0 Å². The normalized spacial score (nSPS) is 12.8. The first kappa shape index (κ1) is 67.3. The monoisotopic (exact) mass is 987 g/mol. The molecule has 0 rings (SSSR count). The van der Waals surface area contributed by atoms with Gasteiger partial charge in [0.25, 0.3) is 0 Å². The molecule has 0 saturated carbocycles. The van der Waals surface area contributed by atoms with E-state index in [1.807, 2.05) is 0 Å². The molecule has 0 amide bonds. The van der Waals surface area contributed by atoms with Crippen LogP contribution in [0.2, 0.25) is 0 Å². The molecule has 6 nitrogen and oxygen atoms in total. The van der Waals surface area contributed by atoms with Crippen molar-refractivity contribution in [1.82, 2.24) is 0 Å². The van der Waals surface area contributed by atoms with Gasteiger partial charge in [-0.25, -0.2) is 0 Å². The Hall–Kier alpha value is -3.67. The Morgan fingerprint density at radius 3 is 0.930 bits per heavy atom. The van der Waals surface area contributed by atoms with Crippen LogP contribution in [0.25, 0.3) is 0 Å². The second-order valence-electron chi connectivity index (χ2n) is 19.5. The molecule has 6 heteroatoms. The predicted octanol–water partition coefficient (Wildman–Crippen LogP) is 20.1. The highest BCUT2D eigenvalue weighted by Gasteiger charge is 2.19. The van der Waals surface area contributed by atoms with Crippen LogP contribution in [0.5, 0.6) is 0 Å². The molecule has 0 bridgehead atoms. The average molecular weight is 988 g/mol. The van der Waals surface area contributed by atoms with Crippen molar-refractivity contribution in [3.63, 3.8) is 0 Å². The average Bonchev–Trinajstić information content (AvgIpc) is 3.37. The van der Waals surface area contributed by atoms with Gasteiger partial charge in [-0.15, -0.1) is 0 Å². The van der Waals surface area contributed by atoms with Crippen molar-refractivity contribution in [3.8, 4) is 0 Å². The molecular formula is C65H110O6. The Kier molecular flexibility index (Phi) is 55.9. The molecule has 0 aromatic rings. The summed E-state index contributed by atoms with van der Waals surface area (Å²) < 4.78 is 16.8. The van der Waals surface area contributed by atoms with E-state index >= 15 is 0 Å². The van der Waals surface area contributed by atoms with Crippen LogP contribution in [-0.2, 0) is 28.6 Å². The van der Waals surface area contributed by atoms with Gasteiger partial charge in [-0.3, -0.25) is 14.4 Å². The summed E-state index contributed by atoms with van der Waals surface area (Å²) in [5.74, 6) is -0.980. The molecule has 0 aliphatic carbocycles. The third-order valence-electron chi connectivity index (χ3n) is 12.5. The molecule has 0 N–H and O–H groups in total. The summed E-state index contributed by atoms with van der Waals surface area (Å²) >= 11 is 0. The van der Waals surface area contributed by atoms with Crippen molar-refractivity contribution in [3.05, 3.63) is 97.2 Å². The van der Waals surface area contributed by atoms with E-state index in [1.54, 1.807) is 0 Å². The minimum atomic E-state index is -0.813. The van der Waals surface area contributed by atoms with Crippen LogP contribution >= 0.6 is 0 Å². The van der Waals surface area contributed by atoms with Crippen LogP contribution in [0.4, 0.5) is 0 Å². The fourth-order valence-corrected chi connectivity index (χ4v) is 8.09. The molecule has 0 aliphatic heterocycles. The van der Waals surface area contributed by atoms with Crippen LogP contribution in [0.15, 0.2) is 97.2 Å². The van der Waals surface area contributed by atoms with Gasteiger partial charge in [0.05, 0.1) is 0 Å². The highest BCUT2D eigenvalue weighted by Crippen LogP contribution is 2.15. The lowest BCUT2D eigenvalue weighted by atomic mass is 10.1. The Bertz CT molecular complexity index is 1410. The highest BCUT2D eigenvalue weighted by atomic mass is 16.6. The number of hydrogen-bond donors (Lipinski definition) is 0. The summed E-state index contributed by atoms with van der Waals surface area (Å²) in [5.41, 5.74) is 0. The number of rotatable bonds is 53. The SMILES string of the molecule is CC/C=C\C/C=C\C/C=C\C/C=C\CCCCCCC(=O)O[C@@H](COC(=O)CCC/C=C\C/C=C\C/C=C\CCCCCCCC)COC(=O)CCCCCCCCCCC/C=C\CCCCCCCC. The first-order valence-corrected chi connectivity index (χ1v) is 29.7. The lowest BCUT2D eigenvalue weighted by Gasteiger charge is -2.18. The molecule has 71 heavy (non-hydrogen) atoms. The zero-order valence-electron chi connectivity index (χ0n) is 46.5. The summed E-state index contributed by atoms with van der Waals surface area (Å²) in [6, 6.07) is 0. The molecule has 0 aromatic heterocycles. The Balaban J connectivity index is 4.49. The maximum Gasteiger partial charge on any atom is 0.306 e. The van der Waals surface area contributed by atoms with E-state index in [0.717, 1.165) is 96.3 Å². The van der Waals surface area contributed by atoms with Crippen LogP contribution in [0.1, 0.15) is 278 Å². The zero-order valence-corrected chi connectivity index (χ0v) is 46.5. The Morgan fingerprint density at radius 2 is 0.563 bits per heavy atom. The van der Waals surface area contributed by atoms with Crippen LogP contribution in [-0.4, -0.2) is 37.2 Å². The Labute approximate surface area is 438 Å². The second kappa shape index (κ2) is 58.9. The van der Waals surface area contributed by atoms with Gasteiger partial charge in [0.1, 0.15) is 13.2 Å². The van der Waals surface area contributed by atoms with Gasteiger partial charge in [-0.05, 0) is 116 Å². The van der Waals surface area contributed by atoms with E-state index in [0.29, 0.717) is 12.8 Å². The molecule has 406 valence electrons. The number of ether oxygens (including phenoxy) is 3. The summed E-state index contributed by atoms with van der Waals surface area (Å²) in [7, 11) is 0. The largest absolute Gasteiger partial charge is 0.462 e. The van der Waals surface area contributed by atoms with Gasteiger partial charge < -0.3 is 14.2 Å². The van der Waals surface area contributed by atoms with Crippen molar-refractivity contribution in [2.75, 3.05) is 13.2 Å².